The quantitative estimate of drug-likeness (QED) is 0.334. The van der Waals surface area contributed by atoms with Gasteiger partial charge in [0.15, 0.2) is 0 Å². The molecule has 1 saturated heterocycles. The lowest BCUT2D eigenvalue weighted by atomic mass is 10.3. The summed E-state index contributed by atoms with van der Waals surface area (Å²) in [6.07, 6.45) is 0. The molecule has 14 nitrogen and oxygen atoms in total. The fourth-order valence-corrected chi connectivity index (χ4v) is 2.88. The Morgan fingerprint density at radius 2 is 0.371 bits per heavy atom. The van der Waals surface area contributed by atoms with Crippen molar-refractivity contribution in [3.63, 3.8) is 0 Å². The van der Waals surface area contributed by atoms with Gasteiger partial charge in [0.2, 0.25) is 41.4 Å². The summed E-state index contributed by atoms with van der Waals surface area (Å²) in [4.78, 5) is 95.2. The Hall–Kier alpha value is -3.71. The summed E-state index contributed by atoms with van der Waals surface area (Å²) >= 11 is 0. The molecule has 0 radical (unpaired) electrons. The second-order valence-corrected chi connectivity index (χ2v) is 8.75. The monoisotopic (exact) mass is 497 g/mol. The van der Waals surface area contributed by atoms with Crippen LogP contribution in [0.25, 0.3) is 0 Å². The van der Waals surface area contributed by atoms with Crippen molar-refractivity contribution in [3.8, 4) is 0 Å². The Balaban J connectivity index is 3.09. The fraction of sp³-hybridized carbons (Fsp3) is 0.667. The minimum Gasteiger partial charge on any atom is -0.335 e. The second kappa shape index (κ2) is 12.7. The number of carbonyl (C=O) groups is 7. The van der Waals surface area contributed by atoms with Crippen LogP contribution in [0, 0.1) is 0 Å². The number of likely N-dealkylation sites (N-methyl/N-ethyl adjacent to an activating group) is 7. The van der Waals surface area contributed by atoms with Crippen LogP contribution >= 0.6 is 0 Å². The van der Waals surface area contributed by atoms with E-state index in [-0.39, 0.29) is 45.8 Å². The second-order valence-electron chi connectivity index (χ2n) is 8.75. The number of rotatable bonds is 0. The highest BCUT2D eigenvalue weighted by Crippen LogP contribution is 2.00. The third-order valence-electron chi connectivity index (χ3n) is 5.59. The average molecular weight is 498 g/mol. The predicted octanol–water partition coefficient (Wildman–Crippen LogP) is -3.79. The molecule has 1 aliphatic rings. The lowest BCUT2D eigenvalue weighted by Gasteiger charge is -2.26. The zero-order chi connectivity index (χ0) is 27.0. The molecule has 0 aromatic carbocycles. The first-order valence-electron chi connectivity index (χ1n) is 10.8. The van der Waals surface area contributed by atoms with Crippen LogP contribution in [-0.4, -0.2) is 171 Å². The van der Waals surface area contributed by atoms with Gasteiger partial charge in [-0.25, -0.2) is 0 Å². The minimum absolute atomic E-state index is 0.317. The van der Waals surface area contributed by atoms with Crippen molar-refractivity contribution in [1.82, 2.24) is 34.3 Å². The van der Waals surface area contributed by atoms with Crippen LogP contribution in [-0.2, 0) is 33.6 Å². The lowest BCUT2D eigenvalue weighted by Crippen LogP contribution is -2.48. The standard InChI is InChI=1S/C21H35N7O7/c1-22-8-16(30)24(3)10-18(32)26(5)12-20(34)28(7)14-21(35)27(6)13-19(33)25(4)11-17(31)23(2)9-15(22)29/h8-14H2,1-7H3. The largest absolute Gasteiger partial charge is 0.335 e. The first-order chi connectivity index (χ1) is 16.1. The van der Waals surface area contributed by atoms with E-state index in [1.807, 2.05) is 0 Å². The van der Waals surface area contributed by atoms with Crippen molar-refractivity contribution < 1.29 is 33.6 Å². The molecule has 1 rings (SSSR count). The van der Waals surface area contributed by atoms with E-state index in [4.69, 9.17) is 0 Å². The maximum absolute atomic E-state index is 12.5. The van der Waals surface area contributed by atoms with Crippen molar-refractivity contribution in [3.05, 3.63) is 0 Å². The van der Waals surface area contributed by atoms with Gasteiger partial charge in [-0.15, -0.1) is 0 Å². The first kappa shape index (κ1) is 29.3. The van der Waals surface area contributed by atoms with E-state index in [2.05, 4.69) is 0 Å². The molecule has 7 amide bonds. The fourth-order valence-electron chi connectivity index (χ4n) is 2.88. The SMILES string of the molecule is CN1CC(=O)N(C)CC(=O)N(C)CC(=O)N(C)CC(=O)N(C)CC(=O)N(C)CC(=O)N(C)CC1=O. The maximum Gasteiger partial charge on any atom is 0.242 e. The van der Waals surface area contributed by atoms with Crippen LogP contribution in [0.2, 0.25) is 0 Å². The highest BCUT2D eigenvalue weighted by atomic mass is 16.2. The molecule has 196 valence electrons. The zero-order valence-electron chi connectivity index (χ0n) is 21.4. The highest BCUT2D eigenvalue weighted by Gasteiger charge is 2.25. The van der Waals surface area contributed by atoms with Gasteiger partial charge in [0.05, 0.1) is 45.8 Å². The molecule has 0 aromatic heterocycles. The Morgan fingerprint density at radius 3 is 0.457 bits per heavy atom. The van der Waals surface area contributed by atoms with Crippen molar-refractivity contribution in [2.75, 3.05) is 95.1 Å². The zero-order valence-corrected chi connectivity index (χ0v) is 21.4. The first-order valence-corrected chi connectivity index (χ1v) is 10.8. The lowest BCUT2D eigenvalue weighted by molar-refractivity contribution is -0.145. The molecular weight excluding hydrogens is 462 g/mol. The highest BCUT2D eigenvalue weighted by molar-refractivity contribution is 5.93. The maximum atomic E-state index is 12.5. The minimum atomic E-state index is -0.509. The van der Waals surface area contributed by atoms with Gasteiger partial charge in [0.25, 0.3) is 0 Å². The number of carbonyl (C=O) groups excluding carboxylic acids is 7. The van der Waals surface area contributed by atoms with E-state index in [0.717, 1.165) is 34.3 Å². The Kier molecular flexibility index (Phi) is 10.6. The van der Waals surface area contributed by atoms with Crippen LogP contribution in [0.15, 0.2) is 0 Å². The van der Waals surface area contributed by atoms with Crippen LogP contribution in [0.4, 0.5) is 0 Å². The van der Waals surface area contributed by atoms with E-state index < -0.39 is 41.4 Å². The summed E-state index contributed by atoms with van der Waals surface area (Å²) in [7, 11) is 9.77. The van der Waals surface area contributed by atoms with E-state index in [1.54, 1.807) is 0 Å². The molecule has 0 aliphatic carbocycles. The van der Waals surface area contributed by atoms with Gasteiger partial charge < -0.3 is 34.3 Å². The summed E-state index contributed by atoms with van der Waals surface area (Å²) in [6, 6.07) is 0. The topological polar surface area (TPSA) is 142 Å². The van der Waals surface area contributed by atoms with Gasteiger partial charge in [-0.05, 0) is 0 Å². The van der Waals surface area contributed by atoms with Gasteiger partial charge >= 0.3 is 0 Å². The molecular formula is C21H35N7O7. The van der Waals surface area contributed by atoms with Crippen molar-refractivity contribution in [2.24, 2.45) is 0 Å². The van der Waals surface area contributed by atoms with Crippen molar-refractivity contribution in [1.29, 1.82) is 0 Å². The molecule has 0 bridgehead atoms. The summed E-state index contributed by atoms with van der Waals surface area (Å²) in [6.45, 7) is -2.22. The van der Waals surface area contributed by atoms with E-state index >= 15 is 0 Å². The van der Waals surface area contributed by atoms with Crippen LogP contribution < -0.4 is 0 Å². The van der Waals surface area contributed by atoms with E-state index in [0.29, 0.717) is 0 Å². The molecule has 0 spiro atoms. The summed E-state index contributed by atoms with van der Waals surface area (Å²) in [5.74, 6) is -3.57. The predicted molar refractivity (Wildman–Crippen MR) is 123 cm³/mol. The third-order valence-corrected chi connectivity index (χ3v) is 5.59. The Labute approximate surface area is 204 Å². The van der Waals surface area contributed by atoms with Crippen molar-refractivity contribution >= 4 is 41.4 Å². The van der Waals surface area contributed by atoms with Gasteiger partial charge in [-0.3, -0.25) is 33.6 Å². The molecule has 0 N–H and O–H groups in total. The normalized spacial score (nSPS) is 20.2. The Morgan fingerprint density at radius 1 is 0.286 bits per heavy atom. The van der Waals surface area contributed by atoms with Crippen LogP contribution in [0.1, 0.15) is 0 Å². The van der Waals surface area contributed by atoms with E-state index in [1.165, 1.54) is 49.3 Å². The summed E-state index contributed by atoms with van der Waals surface area (Å²) in [5.41, 5.74) is 0. The molecule has 0 aromatic rings. The smallest absolute Gasteiger partial charge is 0.242 e. The number of hydrogen-bond acceptors (Lipinski definition) is 7. The van der Waals surface area contributed by atoms with Gasteiger partial charge in [0.1, 0.15) is 0 Å². The molecule has 0 atom stereocenters. The van der Waals surface area contributed by atoms with Gasteiger partial charge in [-0.2, -0.15) is 0 Å². The number of nitrogens with zero attached hydrogens (tertiary/aromatic N) is 7. The summed E-state index contributed by atoms with van der Waals surface area (Å²) in [5, 5.41) is 0. The number of amides is 7. The van der Waals surface area contributed by atoms with Gasteiger partial charge in [0, 0.05) is 49.3 Å². The van der Waals surface area contributed by atoms with E-state index in [9.17, 15) is 33.6 Å². The molecule has 35 heavy (non-hydrogen) atoms. The molecule has 1 aliphatic heterocycles. The Bertz CT molecular complexity index is 682. The van der Waals surface area contributed by atoms with Crippen molar-refractivity contribution in [2.45, 2.75) is 0 Å². The third kappa shape index (κ3) is 8.87. The molecule has 1 fully saturated rings. The van der Waals surface area contributed by atoms with Crippen LogP contribution in [0.3, 0.4) is 0 Å². The van der Waals surface area contributed by atoms with Crippen LogP contribution in [0.5, 0.6) is 0 Å². The summed E-state index contributed by atoms with van der Waals surface area (Å²) < 4.78 is 0. The van der Waals surface area contributed by atoms with Gasteiger partial charge in [-0.1, -0.05) is 0 Å². The average Bonchev–Trinajstić information content (AvgIpc) is 2.77. The molecule has 14 heteroatoms. The molecule has 1 heterocycles. The molecule has 0 unspecified atom stereocenters. The number of hydrogen-bond donors (Lipinski definition) is 0. The molecule has 0 saturated carbocycles.